The Morgan fingerprint density at radius 1 is 1.10 bits per heavy atom. The van der Waals surface area contributed by atoms with Crippen LogP contribution in [-0.4, -0.2) is 48.0 Å². The number of hydrogen-bond acceptors (Lipinski definition) is 4. The zero-order valence-electron chi connectivity index (χ0n) is 17.4. The molecule has 0 radical (unpaired) electrons. The topological polar surface area (TPSA) is 32.3 Å². The molecule has 1 N–H and O–H groups in total. The van der Waals surface area contributed by atoms with Crippen molar-refractivity contribution < 1.29 is 4.79 Å². The molecule has 1 amide bonds. The highest BCUT2D eigenvalue weighted by atomic mass is 35.5. The van der Waals surface area contributed by atoms with Crippen molar-refractivity contribution in [2.45, 2.75) is 67.6 Å². The number of benzene rings is 1. The van der Waals surface area contributed by atoms with Crippen LogP contribution in [0.1, 0.15) is 67.9 Å². The number of thioether (sulfide) groups is 2. The van der Waals surface area contributed by atoms with Crippen molar-refractivity contribution in [3.8, 4) is 0 Å². The van der Waals surface area contributed by atoms with Gasteiger partial charge in [-0.15, -0.1) is 23.5 Å². The molecule has 0 spiro atoms. The van der Waals surface area contributed by atoms with E-state index in [4.69, 9.17) is 11.6 Å². The maximum atomic E-state index is 12.1. The van der Waals surface area contributed by atoms with Gasteiger partial charge >= 0.3 is 0 Å². The predicted octanol–water partition coefficient (Wildman–Crippen LogP) is 6.13. The lowest BCUT2D eigenvalue weighted by Gasteiger charge is -2.28. The minimum Gasteiger partial charge on any atom is -0.356 e. The van der Waals surface area contributed by atoms with Gasteiger partial charge in [-0.25, -0.2) is 0 Å². The smallest absolute Gasteiger partial charge is 0.219 e. The van der Waals surface area contributed by atoms with Crippen molar-refractivity contribution in [3.05, 3.63) is 34.9 Å². The second-order valence-electron chi connectivity index (χ2n) is 8.15. The van der Waals surface area contributed by atoms with Crippen LogP contribution >= 0.6 is 35.1 Å². The SMILES string of the molecule is O=C(CCCCC1CCSC(c2ccc(Cl)cc2)S1)NCCCN1CCCCC1. The van der Waals surface area contributed by atoms with Crippen molar-refractivity contribution in [2.24, 2.45) is 0 Å². The number of nitrogens with one attached hydrogen (secondary N) is 1. The van der Waals surface area contributed by atoms with Gasteiger partial charge in [-0.1, -0.05) is 36.6 Å². The summed E-state index contributed by atoms with van der Waals surface area (Å²) < 4.78 is 0.522. The van der Waals surface area contributed by atoms with Gasteiger partial charge in [0.2, 0.25) is 5.91 Å². The van der Waals surface area contributed by atoms with E-state index < -0.39 is 0 Å². The Bertz CT molecular complexity index is 607. The van der Waals surface area contributed by atoms with Crippen LogP contribution in [0, 0.1) is 0 Å². The Labute approximate surface area is 190 Å². The number of likely N-dealkylation sites (tertiary alicyclic amines) is 1. The molecule has 1 aromatic rings. The van der Waals surface area contributed by atoms with Crippen LogP contribution in [0.4, 0.5) is 0 Å². The monoisotopic (exact) mass is 454 g/mol. The highest BCUT2D eigenvalue weighted by molar-refractivity contribution is 8.17. The fraction of sp³-hybridized carbons (Fsp3) is 0.696. The molecular weight excluding hydrogens is 420 g/mol. The maximum Gasteiger partial charge on any atom is 0.219 e. The summed E-state index contributed by atoms with van der Waals surface area (Å²) in [6, 6.07) is 8.30. The first-order valence-corrected chi connectivity index (χ1v) is 13.6. The predicted molar refractivity (Wildman–Crippen MR) is 129 cm³/mol. The third-order valence-corrected chi connectivity index (χ3v) is 9.18. The van der Waals surface area contributed by atoms with Gasteiger partial charge in [0.15, 0.2) is 0 Å². The number of carbonyl (C=O) groups excluding carboxylic acids is 1. The van der Waals surface area contributed by atoms with Gasteiger partial charge in [-0.3, -0.25) is 4.79 Å². The molecule has 0 aromatic heterocycles. The van der Waals surface area contributed by atoms with E-state index in [9.17, 15) is 4.79 Å². The van der Waals surface area contributed by atoms with Gasteiger partial charge in [0.25, 0.3) is 0 Å². The van der Waals surface area contributed by atoms with E-state index in [1.165, 1.54) is 56.5 Å². The third kappa shape index (κ3) is 8.72. The van der Waals surface area contributed by atoms with Crippen molar-refractivity contribution in [1.29, 1.82) is 0 Å². The normalized spacial score (nSPS) is 23.1. The zero-order valence-corrected chi connectivity index (χ0v) is 19.8. The molecule has 2 unspecified atom stereocenters. The molecule has 162 valence electrons. The molecule has 2 atom stereocenters. The molecular formula is C23H35ClN2OS2. The Morgan fingerprint density at radius 2 is 1.90 bits per heavy atom. The summed E-state index contributed by atoms with van der Waals surface area (Å²) in [5.41, 5.74) is 1.37. The highest BCUT2D eigenvalue weighted by Crippen LogP contribution is 2.48. The maximum absolute atomic E-state index is 12.1. The Balaban J connectivity index is 1.23. The quantitative estimate of drug-likeness (QED) is 0.431. The van der Waals surface area contributed by atoms with Crippen molar-refractivity contribution in [3.63, 3.8) is 0 Å². The summed E-state index contributed by atoms with van der Waals surface area (Å²) in [6.07, 6.45) is 10.5. The fourth-order valence-electron chi connectivity index (χ4n) is 4.06. The molecule has 2 aliphatic heterocycles. The van der Waals surface area contributed by atoms with Gasteiger partial charge in [-0.05, 0) is 81.6 Å². The number of halogens is 1. The summed E-state index contributed by atoms with van der Waals surface area (Å²) >= 11 is 10.2. The number of nitrogens with zero attached hydrogens (tertiary/aromatic N) is 1. The first-order valence-electron chi connectivity index (χ1n) is 11.2. The van der Waals surface area contributed by atoms with Crippen molar-refractivity contribution >= 4 is 41.0 Å². The second-order valence-corrected chi connectivity index (χ2v) is 11.5. The summed E-state index contributed by atoms with van der Waals surface area (Å²) in [5.74, 6) is 1.46. The van der Waals surface area contributed by atoms with E-state index in [1.807, 2.05) is 23.9 Å². The fourth-order valence-corrected chi connectivity index (χ4v) is 7.61. The van der Waals surface area contributed by atoms with Crippen LogP contribution in [0.25, 0.3) is 0 Å². The molecule has 0 bridgehead atoms. The average Bonchev–Trinajstić information content (AvgIpc) is 2.76. The van der Waals surface area contributed by atoms with E-state index in [2.05, 4.69) is 34.1 Å². The lowest BCUT2D eigenvalue weighted by atomic mass is 10.1. The number of carbonyl (C=O) groups is 1. The molecule has 3 nitrogen and oxygen atoms in total. The number of piperidine rings is 1. The Kier molecular flexibility index (Phi) is 10.6. The van der Waals surface area contributed by atoms with E-state index in [0.717, 1.165) is 37.4 Å². The standard InChI is InChI=1S/C23H35ClN2OS2/c24-20-11-9-19(10-12-20)23-28-18-13-21(29-23)7-2-3-8-22(27)25-14-6-17-26-15-4-1-5-16-26/h9-12,21,23H,1-8,13-18H2,(H,25,27). The molecule has 2 saturated heterocycles. The molecule has 2 fully saturated rings. The van der Waals surface area contributed by atoms with E-state index in [-0.39, 0.29) is 5.91 Å². The number of unbranched alkanes of at least 4 members (excludes halogenated alkanes) is 1. The van der Waals surface area contributed by atoms with Gasteiger partial charge in [0.1, 0.15) is 0 Å². The Morgan fingerprint density at radius 3 is 2.69 bits per heavy atom. The summed E-state index contributed by atoms with van der Waals surface area (Å²) in [5, 5.41) is 4.63. The van der Waals surface area contributed by atoms with Crippen LogP contribution in [0.5, 0.6) is 0 Å². The molecule has 1 aromatic carbocycles. The molecule has 0 aliphatic carbocycles. The zero-order chi connectivity index (χ0) is 20.3. The summed E-state index contributed by atoms with van der Waals surface area (Å²) in [6.45, 7) is 4.44. The lowest BCUT2D eigenvalue weighted by Crippen LogP contribution is -2.33. The van der Waals surface area contributed by atoms with Crippen LogP contribution < -0.4 is 5.32 Å². The number of hydrogen-bond donors (Lipinski definition) is 1. The molecule has 3 rings (SSSR count). The van der Waals surface area contributed by atoms with Crippen LogP contribution in [0.15, 0.2) is 24.3 Å². The minimum absolute atomic E-state index is 0.231. The summed E-state index contributed by atoms with van der Waals surface area (Å²) in [4.78, 5) is 14.6. The van der Waals surface area contributed by atoms with Gasteiger partial charge in [0.05, 0.1) is 4.58 Å². The third-order valence-electron chi connectivity index (χ3n) is 5.77. The number of rotatable bonds is 10. The van der Waals surface area contributed by atoms with Crippen LogP contribution in [0.3, 0.4) is 0 Å². The minimum atomic E-state index is 0.231. The molecule has 29 heavy (non-hydrogen) atoms. The largest absolute Gasteiger partial charge is 0.356 e. The Hall–Kier alpha value is -0.360. The van der Waals surface area contributed by atoms with Gasteiger partial charge < -0.3 is 10.2 Å². The van der Waals surface area contributed by atoms with Crippen LogP contribution in [-0.2, 0) is 4.79 Å². The number of amides is 1. The first kappa shape index (κ1) is 23.3. The van der Waals surface area contributed by atoms with E-state index in [1.54, 1.807) is 0 Å². The second kappa shape index (κ2) is 13.1. The van der Waals surface area contributed by atoms with Gasteiger partial charge in [0, 0.05) is 23.2 Å². The van der Waals surface area contributed by atoms with Crippen molar-refractivity contribution in [1.82, 2.24) is 10.2 Å². The first-order chi connectivity index (χ1) is 14.2. The lowest BCUT2D eigenvalue weighted by molar-refractivity contribution is -0.121. The molecule has 0 saturated carbocycles. The van der Waals surface area contributed by atoms with Crippen molar-refractivity contribution in [2.75, 3.05) is 31.9 Å². The van der Waals surface area contributed by atoms with Gasteiger partial charge in [-0.2, -0.15) is 0 Å². The molecule has 2 heterocycles. The summed E-state index contributed by atoms with van der Waals surface area (Å²) in [7, 11) is 0. The highest BCUT2D eigenvalue weighted by Gasteiger charge is 2.24. The molecule has 2 aliphatic rings. The molecule has 6 heteroatoms. The van der Waals surface area contributed by atoms with E-state index in [0.29, 0.717) is 16.3 Å². The van der Waals surface area contributed by atoms with E-state index >= 15 is 0 Å². The van der Waals surface area contributed by atoms with Crippen LogP contribution in [0.2, 0.25) is 5.02 Å². The average molecular weight is 455 g/mol.